The predicted molar refractivity (Wildman–Crippen MR) is 77.3 cm³/mol. The van der Waals surface area contributed by atoms with Crippen molar-refractivity contribution in [1.29, 1.82) is 0 Å². The van der Waals surface area contributed by atoms with Gasteiger partial charge in [-0.05, 0) is 24.6 Å². The van der Waals surface area contributed by atoms with Crippen molar-refractivity contribution in [3.8, 4) is 11.8 Å². The van der Waals surface area contributed by atoms with Crippen molar-refractivity contribution in [2.45, 2.75) is 20.4 Å². The fraction of sp³-hybridized carbons (Fsp3) is 0.267. The highest BCUT2D eigenvalue weighted by molar-refractivity contribution is 5.96. The number of benzene rings is 1. The quantitative estimate of drug-likeness (QED) is 0.818. The number of aromatic nitrogens is 2. The summed E-state index contributed by atoms with van der Waals surface area (Å²) >= 11 is 0. The van der Waals surface area contributed by atoms with Crippen molar-refractivity contribution in [2.24, 2.45) is 5.73 Å². The Morgan fingerprint density at radius 3 is 2.90 bits per heavy atom. The van der Waals surface area contributed by atoms with Crippen LogP contribution in [0, 0.1) is 25.7 Å². The van der Waals surface area contributed by atoms with E-state index in [0.29, 0.717) is 17.3 Å². The average molecular weight is 284 g/mol. The lowest BCUT2D eigenvalue weighted by molar-refractivity contribution is 0.0949. The third kappa shape index (κ3) is 3.68. The predicted octanol–water partition coefficient (Wildman–Crippen LogP) is 0.927. The first-order valence-electron chi connectivity index (χ1n) is 6.47. The minimum Gasteiger partial charge on any atom is -0.345 e. The standard InChI is InChI=1S/C15H16N4O2/c1-10-12(6-4-8-16)5-3-7-13(10)15(20)17-9-14-18-11(2)21-19-14/h3,5,7H,8-9,16H2,1-2H3,(H,17,20). The van der Waals surface area contributed by atoms with Crippen LogP contribution in [0.4, 0.5) is 0 Å². The van der Waals surface area contributed by atoms with E-state index in [1.807, 2.05) is 13.0 Å². The third-order valence-corrected chi connectivity index (χ3v) is 2.88. The van der Waals surface area contributed by atoms with Crippen LogP contribution < -0.4 is 11.1 Å². The van der Waals surface area contributed by atoms with Crippen LogP contribution in [0.1, 0.15) is 33.2 Å². The van der Waals surface area contributed by atoms with E-state index in [-0.39, 0.29) is 19.0 Å². The van der Waals surface area contributed by atoms with Gasteiger partial charge in [-0.2, -0.15) is 4.98 Å². The van der Waals surface area contributed by atoms with Crippen molar-refractivity contribution in [3.05, 3.63) is 46.6 Å². The molecule has 0 saturated heterocycles. The topological polar surface area (TPSA) is 94.0 Å². The van der Waals surface area contributed by atoms with Crippen molar-refractivity contribution in [1.82, 2.24) is 15.5 Å². The summed E-state index contributed by atoms with van der Waals surface area (Å²) in [7, 11) is 0. The van der Waals surface area contributed by atoms with Crippen molar-refractivity contribution >= 4 is 5.91 Å². The summed E-state index contributed by atoms with van der Waals surface area (Å²) < 4.78 is 4.85. The highest BCUT2D eigenvalue weighted by atomic mass is 16.5. The van der Waals surface area contributed by atoms with Gasteiger partial charge in [-0.25, -0.2) is 0 Å². The van der Waals surface area contributed by atoms with E-state index in [9.17, 15) is 4.79 Å². The first-order chi connectivity index (χ1) is 10.1. The Hall–Kier alpha value is -2.65. The van der Waals surface area contributed by atoms with E-state index in [1.165, 1.54) is 0 Å². The Morgan fingerprint density at radius 2 is 2.24 bits per heavy atom. The molecule has 0 aliphatic heterocycles. The smallest absolute Gasteiger partial charge is 0.251 e. The zero-order chi connectivity index (χ0) is 15.2. The van der Waals surface area contributed by atoms with Crippen LogP contribution >= 0.6 is 0 Å². The molecular weight excluding hydrogens is 268 g/mol. The van der Waals surface area contributed by atoms with Gasteiger partial charge in [0.25, 0.3) is 5.91 Å². The molecule has 108 valence electrons. The zero-order valence-electron chi connectivity index (χ0n) is 11.9. The van der Waals surface area contributed by atoms with Gasteiger partial charge < -0.3 is 15.6 Å². The lowest BCUT2D eigenvalue weighted by Crippen LogP contribution is -2.24. The molecule has 6 heteroatoms. The zero-order valence-corrected chi connectivity index (χ0v) is 11.9. The maximum Gasteiger partial charge on any atom is 0.251 e. The number of nitrogens with one attached hydrogen (secondary N) is 1. The van der Waals surface area contributed by atoms with Gasteiger partial charge in [0.15, 0.2) is 5.82 Å². The Morgan fingerprint density at radius 1 is 1.43 bits per heavy atom. The van der Waals surface area contributed by atoms with Crippen LogP contribution in [0.5, 0.6) is 0 Å². The number of hydrogen-bond donors (Lipinski definition) is 2. The maximum atomic E-state index is 12.2. The van der Waals surface area contributed by atoms with Crippen LogP contribution in [0.15, 0.2) is 22.7 Å². The lowest BCUT2D eigenvalue weighted by Gasteiger charge is -2.07. The molecule has 1 heterocycles. The van der Waals surface area contributed by atoms with Gasteiger partial charge in [-0.3, -0.25) is 4.79 Å². The summed E-state index contributed by atoms with van der Waals surface area (Å²) in [6.45, 7) is 4.05. The Labute approximate surface area is 122 Å². The molecule has 0 fully saturated rings. The van der Waals surface area contributed by atoms with Crippen LogP contribution in [-0.2, 0) is 6.54 Å². The summed E-state index contributed by atoms with van der Waals surface area (Å²) in [5.41, 5.74) is 7.55. The molecule has 2 rings (SSSR count). The minimum atomic E-state index is -0.202. The fourth-order valence-electron chi connectivity index (χ4n) is 1.83. The Kier molecular flexibility index (Phi) is 4.69. The van der Waals surface area contributed by atoms with Gasteiger partial charge in [-0.15, -0.1) is 0 Å². The van der Waals surface area contributed by atoms with E-state index in [4.69, 9.17) is 10.3 Å². The summed E-state index contributed by atoms with van der Waals surface area (Å²) in [5, 5.41) is 6.48. The normalized spacial score (nSPS) is 9.86. The SMILES string of the molecule is Cc1nc(CNC(=O)c2cccc(C#CCN)c2C)no1. The lowest BCUT2D eigenvalue weighted by atomic mass is 10.0. The van der Waals surface area contributed by atoms with Gasteiger partial charge in [0.2, 0.25) is 5.89 Å². The molecule has 0 aliphatic carbocycles. The molecule has 0 spiro atoms. The third-order valence-electron chi connectivity index (χ3n) is 2.88. The first kappa shape index (κ1) is 14.8. The number of hydrogen-bond acceptors (Lipinski definition) is 5. The van der Waals surface area contributed by atoms with Gasteiger partial charge in [-0.1, -0.05) is 23.1 Å². The van der Waals surface area contributed by atoms with Crippen molar-refractivity contribution < 1.29 is 9.32 Å². The van der Waals surface area contributed by atoms with Crippen molar-refractivity contribution in [3.63, 3.8) is 0 Å². The Balaban J connectivity index is 2.12. The van der Waals surface area contributed by atoms with E-state index in [2.05, 4.69) is 27.3 Å². The second-order valence-corrected chi connectivity index (χ2v) is 4.40. The molecule has 0 atom stereocenters. The summed E-state index contributed by atoms with van der Waals surface area (Å²) in [6, 6.07) is 5.40. The largest absolute Gasteiger partial charge is 0.345 e. The van der Waals surface area contributed by atoms with Crippen LogP contribution in [0.3, 0.4) is 0 Å². The van der Waals surface area contributed by atoms with Gasteiger partial charge in [0, 0.05) is 18.1 Å². The second kappa shape index (κ2) is 6.68. The molecule has 0 radical (unpaired) electrons. The molecule has 0 aliphatic rings. The molecule has 1 aromatic carbocycles. The number of carbonyl (C=O) groups excluding carboxylic acids is 1. The Bertz CT molecular complexity index is 710. The highest BCUT2D eigenvalue weighted by Crippen LogP contribution is 2.13. The van der Waals surface area contributed by atoms with Crippen LogP contribution in [0.25, 0.3) is 0 Å². The van der Waals surface area contributed by atoms with Crippen molar-refractivity contribution in [2.75, 3.05) is 6.54 Å². The number of nitrogens with two attached hydrogens (primary N) is 1. The van der Waals surface area contributed by atoms with E-state index in [0.717, 1.165) is 11.1 Å². The summed E-state index contributed by atoms with van der Waals surface area (Å²) in [6.07, 6.45) is 0. The minimum absolute atomic E-state index is 0.202. The first-order valence-corrected chi connectivity index (χ1v) is 6.47. The molecule has 21 heavy (non-hydrogen) atoms. The summed E-state index contributed by atoms with van der Waals surface area (Å²) in [4.78, 5) is 16.2. The number of amides is 1. The van der Waals surface area contributed by atoms with Crippen LogP contribution in [-0.4, -0.2) is 22.6 Å². The summed E-state index contributed by atoms with van der Waals surface area (Å²) in [5.74, 6) is 6.44. The molecular formula is C15H16N4O2. The second-order valence-electron chi connectivity index (χ2n) is 4.40. The molecule has 2 aromatic rings. The molecule has 0 bridgehead atoms. The van der Waals surface area contributed by atoms with Gasteiger partial charge >= 0.3 is 0 Å². The number of carbonyl (C=O) groups is 1. The van der Waals surface area contributed by atoms with Gasteiger partial charge in [0.1, 0.15) is 0 Å². The fourth-order valence-corrected chi connectivity index (χ4v) is 1.83. The monoisotopic (exact) mass is 284 g/mol. The van der Waals surface area contributed by atoms with E-state index >= 15 is 0 Å². The number of nitrogens with zero attached hydrogens (tertiary/aromatic N) is 2. The molecule has 1 amide bonds. The molecule has 1 aromatic heterocycles. The van der Waals surface area contributed by atoms with E-state index < -0.39 is 0 Å². The molecule has 6 nitrogen and oxygen atoms in total. The van der Waals surface area contributed by atoms with Gasteiger partial charge in [0.05, 0.1) is 13.1 Å². The molecule has 3 N–H and O–H groups in total. The maximum absolute atomic E-state index is 12.2. The molecule has 0 unspecified atom stereocenters. The van der Waals surface area contributed by atoms with Crippen LogP contribution in [0.2, 0.25) is 0 Å². The number of rotatable bonds is 3. The average Bonchev–Trinajstić information content (AvgIpc) is 2.89. The van der Waals surface area contributed by atoms with E-state index in [1.54, 1.807) is 19.1 Å². The highest BCUT2D eigenvalue weighted by Gasteiger charge is 2.12. The molecule has 0 saturated carbocycles. The number of aryl methyl sites for hydroxylation is 1.